The van der Waals surface area contributed by atoms with Gasteiger partial charge >= 0.3 is 0 Å². The lowest BCUT2D eigenvalue weighted by Crippen LogP contribution is -1.94. The predicted octanol–water partition coefficient (Wildman–Crippen LogP) is 4.27. The molecule has 0 aliphatic carbocycles. The molecule has 0 bridgehead atoms. The number of ether oxygens (including phenoxy) is 1. The van der Waals surface area contributed by atoms with E-state index in [1.54, 1.807) is 24.6 Å². The molecule has 0 saturated heterocycles. The van der Waals surface area contributed by atoms with Crippen molar-refractivity contribution in [2.24, 2.45) is 0 Å². The van der Waals surface area contributed by atoms with Crippen LogP contribution in [0.4, 0.5) is 0 Å². The predicted molar refractivity (Wildman–Crippen MR) is 82.1 cm³/mol. The van der Waals surface area contributed by atoms with Crippen molar-refractivity contribution in [3.63, 3.8) is 0 Å². The molecule has 1 aromatic carbocycles. The highest BCUT2D eigenvalue weighted by atomic mass is 35.5. The molecular formula is C15H13ClN2OS. The van der Waals surface area contributed by atoms with Gasteiger partial charge in [-0.1, -0.05) is 18.2 Å². The summed E-state index contributed by atoms with van der Waals surface area (Å²) in [6.45, 7) is 0. The van der Waals surface area contributed by atoms with Gasteiger partial charge in [-0.05, 0) is 23.6 Å². The zero-order valence-corrected chi connectivity index (χ0v) is 12.4. The fraction of sp³-hybridized carbons (Fsp3) is 0.133. The normalized spacial score (nSPS) is 12.3. The van der Waals surface area contributed by atoms with Crippen LogP contribution in [0, 0.1) is 0 Å². The lowest BCUT2D eigenvalue weighted by molar-refractivity contribution is 0.413. The van der Waals surface area contributed by atoms with E-state index in [-0.39, 0.29) is 5.38 Å². The molecule has 0 spiro atoms. The Morgan fingerprint density at radius 3 is 2.80 bits per heavy atom. The topological polar surface area (TPSA) is 27.1 Å². The fourth-order valence-electron chi connectivity index (χ4n) is 2.00. The highest BCUT2D eigenvalue weighted by Gasteiger charge is 2.19. The Morgan fingerprint density at radius 2 is 2.05 bits per heavy atom. The number of para-hydroxylation sites is 1. The first-order chi connectivity index (χ1) is 9.79. The van der Waals surface area contributed by atoms with Crippen LogP contribution in [0.25, 0.3) is 5.69 Å². The van der Waals surface area contributed by atoms with Crippen LogP contribution in [0.2, 0.25) is 0 Å². The molecule has 0 fully saturated rings. The van der Waals surface area contributed by atoms with Crippen LogP contribution < -0.4 is 4.74 Å². The number of hydrogen-bond donors (Lipinski definition) is 0. The standard InChI is InChI=1S/C15H13ClN2OS/c1-19-13-7-8-20-15(13)14(16)11-9-17-18(10-11)12-5-3-2-4-6-12/h2-10,14H,1H3. The largest absolute Gasteiger partial charge is 0.496 e. The molecule has 2 aromatic heterocycles. The molecule has 5 heteroatoms. The Hall–Kier alpha value is -1.78. The molecule has 0 N–H and O–H groups in total. The van der Waals surface area contributed by atoms with Gasteiger partial charge in [0.2, 0.25) is 0 Å². The molecule has 102 valence electrons. The maximum Gasteiger partial charge on any atom is 0.134 e. The third-order valence-electron chi connectivity index (χ3n) is 3.02. The van der Waals surface area contributed by atoms with E-state index in [1.165, 1.54) is 0 Å². The third kappa shape index (κ3) is 2.44. The number of benzene rings is 1. The average molecular weight is 305 g/mol. The molecule has 2 heterocycles. The smallest absolute Gasteiger partial charge is 0.134 e. The maximum atomic E-state index is 6.53. The van der Waals surface area contributed by atoms with Crippen molar-refractivity contribution in [1.29, 1.82) is 0 Å². The van der Waals surface area contributed by atoms with Crippen LogP contribution in [0.1, 0.15) is 15.8 Å². The molecule has 20 heavy (non-hydrogen) atoms. The maximum absolute atomic E-state index is 6.53. The first kappa shape index (κ1) is 13.2. The lowest BCUT2D eigenvalue weighted by Gasteiger charge is -2.07. The number of methoxy groups -OCH3 is 1. The van der Waals surface area contributed by atoms with Gasteiger partial charge in [0.05, 0.1) is 29.2 Å². The summed E-state index contributed by atoms with van der Waals surface area (Å²) in [5, 5.41) is 6.10. The second-order valence-corrected chi connectivity index (χ2v) is 5.65. The molecular weight excluding hydrogens is 292 g/mol. The summed E-state index contributed by atoms with van der Waals surface area (Å²) in [5.74, 6) is 0.822. The number of rotatable bonds is 4. The molecule has 0 radical (unpaired) electrons. The summed E-state index contributed by atoms with van der Waals surface area (Å²) in [5.41, 5.74) is 1.97. The van der Waals surface area contributed by atoms with Crippen molar-refractivity contribution < 1.29 is 4.74 Å². The summed E-state index contributed by atoms with van der Waals surface area (Å²) in [6, 6.07) is 11.9. The van der Waals surface area contributed by atoms with E-state index in [2.05, 4.69) is 5.10 Å². The minimum atomic E-state index is -0.248. The second-order valence-electron chi connectivity index (χ2n) is 4.27. The minimum absolute atomic E-state index is 0.248. The van der Waals surface area contributed by atoms with Crippen LogP contribution in [0.5, 0.6) is 5.75 Å². The van der Waals surface area contributed by atoms with Crippen molar-refractivity contribution in [2.75, 3.05) is 7.11 Å². The zero-order valence-electron chi connectivity index (χ0n) is 10.9. The van der Waals surface area contributed by atoms with Crippen molar-refractivity contribution in [3.05, 3.63) is 64.6 Å². The molecule has 1 atom stereocenters. The van der Waals surface area contributed by atoms with E-state index < -0.39 is 0 Å². The summed E-state index contributed by atoms with van der Waals surface area (Å²) < 4.78 is 7.14. The summed E-state index contributed by atoms with van der Waals surface area (Å²) >= 11 is 8.12. The van der Waals surface area contributed by atoms with E-state index in [0.29, 0.717) is 0 Å². The molecule has 0 aliphatic rings. The molecule has 1 unspecified atom stereocenters. The Morgan fingerprint density at radius 1 is 1.25 bits per heavy atom. The second kappa shape index (κ2) is 5.69. The van der Waals surface area contributed by atoms with Crippen LogP contribution in [0.15, 0.2) is 54.2 Å². The minimum Gasteiger partial charge on any atom is -0.496 e. The van der Waals surface area contributed by atoms with Crippen LogP contribution >= 0.6 is 22.9 Å². The van der Waals surface area contributed by atoms with E-state index in [1.807, 2.05) is 52.7 Å². The molecule has 0 saturated carbocycles. The van der Waals surface area contributed by atoms with Crippen molar-refractivity contribution >= 4 is 22.9 Å². The number of alkyl halides is 1. The number of hydrogen-bond acceptors (Lipinski definition) is 3. The Labute approximate surface area is 126 Å². The first-order valence-corrected chi connectivity index (χ1v) is 7.46. The number of aromatic nitrogens is 2. The zero-order chi connectivity index (χ0) is 13.9. The van der Waals surface area contributed by atoms with Gasteiger partial charge < -0.3 is 4.74 Å². The number of nitrogens with zero attached hydrogens (tertiary/aromatic N) is 2. The highest BCUT2D eigenvalue weighted by Crippen LogP contribution is 2.38. The summed E-state index contributed by atoms with van der Waals surface area (Å²) in [4.78, 5) is 1.00. The Balaban J connectivity index is 1.91. The van der Waals surface area contributed by atoms with Crippen molar-refractivity contribution in [1.82, 2.24) is 9.78 Å². The van der Waals surface area contributed by atoms with Gasteiger partial charge in [-0.2, -0.15) is 5.10 Å². The van der Waals surface area contributed by atoms with Gasteiger partial charge in [-0.25, -0.2) is 4.68 Å². The van der Waals surface area contributed by atoms with Gasteiger partial charge in [-0.15, -0.1) is 22.9 Å². The van der Waals surface area contributed by atoms with E-state index in [9.17, 15) is 0 Å². The van der Waals surface area contributed by atoms with Gasteiger partial charge in [0, 0.05) is 11.8 Å². The van der Waals surface area contributed by atoms with Crippen molar-refractivity contribution in [2.45, 2.75) is 5.38 Å². The SMILES string of the molecule is COc1ccsc1C(Cl)c1cnn(-c2ccccc2)c1. The Kier molecular flexibility index (Phi) is 3.76. The molecule has 3 aromatic rings. The average Bonchev–Trinajstić information content (AvgIpc) is 3.16. The number of thiophene rings is 1. The van der Waals surface area contributed by atoms with Crippen LogP contribution in [-0.2, 0) is 0 Å². The Bertz CT molecular complexity index is 693. The molecule has 3 rings (SSSR count). The third-order valence-corrected chi connectivity index (χ3v) is 4.59. The van der Waals surface area contributed by atoms with Crippen LogP contribution in [-0.4, -0.2) is 16.9 Å². The van der Waals surface area contributed by atoms with Gasteiger partial charge in [0.1, 0.15) is 5.75 Å². The summed E-state index contributed by atoms with van der Waals surface area (Å²) in [6.07, 6.45) is 3.75. The van der Waals surface area contributed by atoms with Gasteiger partial charge in [0.25, 0.3) is 0 Å². The fourth-order valence-corrected chi connectivity index (χ4v) is 3.24. The highest BCUT2D eigenvalue weighted by molar-refractivity contribution is 7.10. The van der Waals surface area contributed by atoms with E-state index in [0.717, 1.165) is 21.9 Å². The first-order valence-electron chi connectivity index (χ1n) is 6.15. The monoisotopic (exact) mass is 304 g/mol. The lowest BCUT2D eigenvalue weighted by atomic mass is 10.2. The molecule has 3 nitrogen and oxygen atoms in total. The van der Waals surface area contributed by atoms with Gasteiger partial charge in [0.15, 0.2) is 0 Å². The van der Waals surface area contributed by atoms with Gasteiger partial charge in [-0.3, -0.25) is 0 Å². The van der Waals surface area contributed by atoms with E-state index in [4.69, 9.17) is 16.3 Å². The summed E-state index contributed by atoms with van der Waals surface area (Å²) in [7, 11) is 1.66. The molecule has 0 aliphatic heterocycles. The van der Waals surface area contributed by atoms with Crippen LogP contribution in [0.3, 0.4) is 0 Å². The number of halogens is 1. The van der Waals surface area contributed by atoms with Crippen molar-refractivity contribution in [3.8, 4) is 11.4 Å². The quantitative estimate of drug-likeness (QED) is 0.673. The molecule has 0 amide bonds. The van der Waals surface area contributed by atoms with E-state index >= 15 is 0 Å².